The second-order valence-electron chi connectivity index (χ2n) is 25.8. The Morgan fingerprint density at radius 2 is 1.67 bits per heavy atom. The summed E-state index contributed by atoms with van der Waals surface area (Å²) in [5.41, 5.74) is 17.4. The molecule has 2 saturated carbocycles. The number of hydrogen-bond donors (Lipinski definition) is 0. The number of aromatic nitrogens is 2. The lowest BCUT2D eigenvalue weighted by molar-refractivity contribution is -0.117. The SMILES string of the molecule is C=CC\C=C(/C=C(C)/C(=C\C=N/C)N1CC/C=C(\C(=O)C2CC2)CCC1)c1ccc(/C=C/C(C/C=C(\CCC)CC2COC2)C2C/C(=C\c3ccc(-c4cc5c(/C(=C\CC/C=C/C(=O)C6CC6)CCCC)ccnn5c4)cc3)CCC3COCCN32)cc1. The molecule has 9 nitrogen and oxygen atoms in total. The summed E-state index contributed by atoms with van der Waals surface area (Å²) < 4.78 is 14.0. The van der Waals surface area contributed by atoms with Gasteiger partial charge in [0.15, 0.2) is 11.6 Å². The van der Waals surface area contributed by atoms with Gasteiger partial charge in [-0.25, -0.2) is 4.52 Å². The van der Waals surface area contributed by atoms with Gasteiger partial charge < -0.3 is 14.4 Å². The van der Waals surface area contributed by atoms with E-state index in [1.807, 2.05) is 36.1 Å². The molecule has 0 spiro atoms. The number of ether oxygens (including phenoxy) is 2. The largest absolute Gasteiger partial charge is 0.381 e. The lowest BCUT2D eigenvalue weighted by atomic mass is 9.86. The van der Waals surface area contributed by atoms with E-state index in [1.165, 1.54) is 61.4 Å². The Kier molecular flexibility index (Phi) is 23.8. The minimum atomic E-state index is 0.274. The van der Waals surface area contributed by atoms with Crippen LogP contribution in [0.25, 0.3) is 39.9 Å². The number of benzene rings is 2. The van der Waals surface area contributed by atoms with E-state index in [1.54, 1.807) is 5.57 Å². The fourth-order valence-electron chi connectivity index (χ4n) is 13.6. The van der Waals surface area contributed by atoms with Crippen molar-refractivity contribution < 1.29 is 19.1 Å². The third-order valence-electron chi connectivity index (χ3n) is 18.9. The van der Waals surface area contributed by atoms with Gasteiger partial charge in [-0.2, -0.15) is 5.10 Å². The molecule has 4 aliphatic heterocycles. The normalized spacial score (nSPS) is 22.2. The number of fused-ring (bicyclic) bond motifs is 2. The van der Waals surface area contributed by atoms with E-state index in [0.717, 1.165) is 186 Å². The summed E-state index contributed by atoms with van der Waals surface area (Å²) >= 11 is 0. The number of rotatable bonds is 29. The first kappa shape index (κ1) is 64.2. The van der Waals surface area contributed by atoms with Crippen LogP contribution in [0.2, 0.25) is 0 Å². The van der Waals surface area contributed by atoms with Crippen molar-refractivity contribution in [1.82, 2.24) is 19.4 Å². The van der Waals surface area contributed by atoms with E-state index in [0.29, 0.717) is 35.5 Å². The summed E-state index contributed by atoms with van der Waals surface area (Å²) in [6.07, 6.45) is 53.6. The second kappa shape index (κ2) is 32.6. The highest BCUT2D eigenvalue weighted by Crippen LogP contribution is 2.39. The minimum absolute atomic E-state index is 0.274. The number of morpholine rings is 1. The minimum Gasteiger partial charge on any atom is -0.381 e. The molecule has 10 rings (SSSR count). The van der Waals surface area contributed by atoms with Crippen molar-refractivity contribution in [3.8, 4) is 11.1 Å². The first-order valence-electron chi connectivity index (χ1n) is 33.8. The summed E-state index contributed by atoms with van der Waals surface area (Å²) in [4.78, 5) is 34.9. The van der Waals surface area contributed by atoms with Gasteiger partial charge in [0.2, 0.25) is 0 Å². The predicted molar refractivity (Wildman–Crippen MR) is 367 cm³/mol. The molecule has 3 saturated heterocycles. The van der Waals surface area contributed by atoms with Gasteiger partial charge in [-0.15, -0.1) is 6.58 Å². The van der Waals surface area contributed by atoms with Crippen LogP contribution in [0.3, 0.4) is 0 Å². The maximum atomic E-state index is 13.0. The molecular formula is C79H99N5O4. The maximum Gasteiger partial charge on any atom is 0.161 e. The third-order valence-corrected chi connectivity index (χ3v) is 18.9. The first-order valence-corrected chi connectivity index (χ1v) is 33.8. The Labute approximate surface area is 527 Å². The van der Waals surface area contributed by atoms with Crippen LogP contribution >= 0.6 is 0 Å². The van der Waals surface area contributed by atoms with Crippen LogP contribution in [0.1, 0.15) is 171 Å². The summed E-state index contributed by atoms with van der Waals surface area (Å²) in [6, 6.07) is 23.6. The van der Waals surface area contributed by atoms with Crippen LogP contribution in [-0.4, -0.2) is 102 Å². The van der Waals surface area contributed by atoms with E-state index in [2.05, 4.69) is 170 Å². The van der Waals surface area contributed by atoms with Crippen LogP contribution < -0.4 is 0 Å². The number of nitrogens with zero attached hydrogens (tertiary/aromatic N) is 5. The molecule has 88 heavy (non-hydrogen) atoms. The van der Waals surface area contributed by atoms with Crippen molar-refractivity contribution in [3.05, 3.63) is 191 Å². The number of hydrogen-bond acceptors (Lipinski definition) is 8. The van der Waals surface area contributed by atoms with Crippen molar-refractivity contribution >= 4 is 46.6 Å². The topological polar surface area (TPSA) is 88.7 Å². The van der Waals surface area contributed by atoms with Crippen LogP contribution in [0.15, 0.2) is 173 Å². The molecule has 6 aliphatic rings. The van der Waals surface area contributed by atoms with Gasteiger partial charge in [-0.1, -0.05) is 141 Å². The third kappa shape index (κ3) is 18.0. The summed E-state index contributed by atoms with van der Waals surface area (Å²) in [5, 5.41) is 4.79. The Morgan fingerprint density at radius 1 is 0.852 bits per heavy atom. The van der Waals surface area contributed by atoms with Gasteiger partial charge >= 0.3 is 0 Å². The number of aliphatic imine (C=N–C) groups is 1. The fraction of sp³-hybridized carbons (Fsp3) is 0.468. The Bertz CT molecular complexity index is 3330. The highest BCUT2D eigenvalue weighted by atomic mass is 16.5. The Morgan fingerprint density at radius 3 is 2.42 bits per heavy atom. The van der Waals surface area contributed by atoms with Gasteiger partial charge in [-0.05, 0) is 203 Å². The molecule has 2 aliphatic carbocycles. The van der Waals surface area contributed by atoms with Gasteiger partial charge in [0.25, 0.3) is 0 Å². The molecule has 0 bridgehead atoms. The van der Waals surface area contributed by atoms with Crippen molar-refractivity contribution in [2.75, 3.05) is 53.1 Å². The van der Waals surface area contributed by atoms with E-state index in [-0.39, 0.29) is 11.8 Å². The van der Waals surface area contributed by atoms with E-state index in [9.17, 15) is 9.59 Å². The van der Waals surface area contributed by atoms with Gasteiger partial charge in [0, 0.05) is 92.0 Å². The van der Waals surface area contributed by atoms with E-state index in [4.69, 9.17) is 14.6 Å². The zero-order valence-electron chi connectivity index (χ0n) is 53.6. The summed E-state index contributed by atoms with van der Waals surface area (Å²) in [5.74, 6) is 2.16. The van der Waals surface area contributed by atoms with Crippen LogP contribution in [0, 0.1) is 23.7 Å². The number of unbranched alkanes of at least 4 members (excludes halogenated alkanes) is 2. The zero-order valence-corrected chi connectivity index (χ0v) is 53.6. The lowest BCUT2D eigenvalue weighted by Crippen LogP contribution is -2.51. The molecule has 6 heterocycles. The Balaban J connectivity index is 0.887. The second-order valence-corrected chi connectivity index (χ2v) is 25.8. The highest BCUT2D eigenvalue weighted by molar-refractivity contribution is 5.98. The van der Waals surface area contributed by atoms with Gasteiger partial charge in [-0.3, -0.25) is 19.5 Å². The molecule has 5 fully saturated rings. The monoisotopic (exact) mass is 1180 g/mol. The van der Waals surface area contributed by atoms with Crippen LogP contribution in [0.4, 0.5) is 0 Å². The molecule has 0 amide bonds. The summed E-state index contributed by atoms with van der Waals surface area (Å²) in [6.45, 7) is 16.9. The molecule has 2 aromatic heterocycles. The lowest BCUT2D eigenvalue weighted by Gasteiger charge is -2.42. The maximum absolute atomic E-state index is 13.0. The van der Waals surface area contributed by atoms with Crippen molar-refractivity contribution in [2.24, 2.45) is 28.7 Å². The van der Waals surface area contributed by atoms with Crippen LogP contribution in [0.5, 0.6) is 0 Å². The number of ketones is 2. The first-order chi connectivity index (χ1) is 43.2. The molecule has 4 aromatic rings. The number of allylic oxidation sites excluding steroid dienone is 13. The quantitative estimate of drug-likeness (QED) is 0.0176. The number of Topliss-reactive ketones (excluding diaryl/α,β-unsaturated/α-hetero) is 1. The van der Waals surface area contributed by atoms with E-state index >= 15 is 0 Å². The van der Waals surface area contributed by atoms with Crippen molar-refractivity contribution in [3.63, 3.8) is 0 Å². The molecule has 3 atom stereocenters. The fourth-order valence-corrected chi connectivity index (χ4v) is 13.6. The van der Waals surface area contributed by atoms with E-state index < -0.39 is 0 Å². The van der Waals surface area contributed by atoms with Gasteiger partial charge in [0.1, 0.15) is 0 Å². The number of carbonyl (C=O) groups excluding carboxylic acids is 2. The molecule has 3 unspecified atom stereocenters. The van der Waals surface area contributed by atoms with Crippen LogP contribution in [-0.2, 0) is 19.1 Å². The van der Waals surface area contributed by atoms with Gasteiger partial charge in [0.05, 0.1) is 31.9 Å². The molecule has 464 valence electrons. The average molecular weight is 1180 g/mol. The van der Waals surface area contributed by atoms with Crippen molar-refractivity contribution in [2.45, 2.75) is 161 Å². The zero-order chi connectivity index (χ0) is 61.0. The molecule has 0 radical (unpaired) electrons. The summed E-state index contributed by atoms with van der Waals surface area (Å²) in [7, 11) is 1.83. The predicted octanol–water partition coefficient (Wildman–Crippen LogP) is 17.9. The van der Waals surface area contributed by atoms with Crippen molar-refractivity contribution in [1.29, 1.82) is 0 Å². The Hall–Kier alpha value is -6.78. The molecule has 2 aromatic carbocycles. The standard InChI is InChI=1S/C79H99N5O4/c1-6-9-17-66(19-12-11-13-22-78(85)68-36-37-68)74-41-44-81-84-54-72(53-77(74)84)65-32-26-61(27-33-65)50-62-29-40-73-57-87-48-47-83(73)76(52-62)67(35-28-60(16-8-3)51-63-55-88-56-63)34-25-59-23-30-64(31-24-59)71(18-10-7-2)49-58(4)75(42-43-80-5)82-45-14-20-69(21-15-46-82)79(86)70-38-39-70/h7,13,18-20,22-28,30-34,41-44,49-50,53-54,63,67-68,70,73,76H,2,6,8-12,14-17,21,29,35-40,45-48,51-52,55-57H2,1,3-5H3/b22-13+,34-25+,58-49+,60-28+,62-50-,66-19-,69-20-,71-18+,75-42+,80-43-. The average Bonchev–Trinajstić information content (AvgIpc) is 4.38. The number of carbonyl (C=O) groups is 2. The highest BCUT2D eigenvalue weighted by Gasteiger charge is 2.37. The smallest absolute Gasteiger partial charge is 0.161 e. The molecule has 9 heteroatoms. The molecule has 0 N–H and O–H groups in total. The molecular weight excluding hydrogens is 1080 g/mol.